The molecule has 0 N–H and O–H groups in total. The molecule has 4 aromatic rings. The van der Waals surface area contributed by atoms with Crippen LogP contribution in [-0.4, -0.2) is 62.3 Å². The van der Waals surface area contributed by atoms with E-state index in [0.29, 0.717) is 11.1 Å². The van der Waals surface area contributed by atoms with Gasteiger partial charge >= 0.3 is 0 Å². The second-order valence-corrected chi connectivity index (χ2v) is 8.91. The lowest BCUT2D eigenvalue weighted by atomic mass is 9.73. The number of anilines is 1. The summed E-state index contributed by atoms with van der Waals surface area (Å²) in [6.07, 6.45) is 7.32. The number of hydrogen-bond donors (Lipinski definition) is 0. The first-order chi connectivity index (χ1) is 15.0. The Hall–Kier alpha value is -3.70. The molecular formula is C23H22N8. The number of rotatable bonds is 3. The van der Waals surface area contributed by atoms with Gasteiger partial charge in [-0.25, -0.2) is 9.97 Å². The third kappa shape index (κ3) is 2.81. The summed E-state index contributed by atoms with van der Waals surface area (Å²) in [7, 11) is 4.07. The van der Waals surface area contributed by atoms with Crippen LogP contribution in [0.3, 0.4) is 0 Å². The van der Waals surface area contributed by atoms with Crippen molar-refractivity contribution < 1.29 is 0 Å². The predicted octanol–water partition coefficient (Wildman–Crippen LogP) is 2.42. The van der Waals surface area contributed by atoms with Crippen LogP contribution in [0.15, 0.2) is 49.1 Å². The van der Waals surface area contributed by atoms with Gasteiger partial charge in [0, 0.05) is 62.2 Å². The molecule has 8 nitrogen and oxygen atoms in total. The Morgan fingerprint density at radius 3 is 2.42 bits per heavy atom. The van der Waals surface area contributed by atoms with Crippen LogP contribution >= 0.6 is 0 Å². The van der Waals surface area contributed by atoms with E-state index in [1.807, 2.05) is 36.1 Å². The molecular weight excluding hydrogens is 388 g/mol. The molecule has 0 radical (unpaired) electrons. The highest BCUT2D eigenvalue weighted by molar-refractivity contribution is 5.76. The Balaban J connectivity index is 1.38. The lowest BCUT2D eigenvalue weighted by molar-refractivity contribution is -0.00279. The van der Waals surface area contributed by atoms with Gasteiger partial charge in [-0.05, 0) is 36.9 Å². The maximum Gasteiger partial charge on any atom is 0.145 e. The summed E-state index contributed by atoms with van der Waals surface area (Å²) < 4.78 is 3.67. The fraction of sp³-hybridized carbons (Fsp3) is 0.304. The Labute approximate surface area is 180 Å². The number of likely N-dealkylation sites (tertiary alicyclic amines) is 1. The van der Waals surface area contributed by atoms with Crippen LogP contribution < -0.4 is 4.90 Å². The molecule has 2 aliphatic rings. The maximum atomic E-state index is 9.59. The van der Waals surface area contributed by atoms with E-state index >= 15 is 0 Å². The van der Waals surface area contributed by atoms with Crippen molar-refractivity contribution in [1.82, 2.24) is 29.0 Å². The normalized spacial score (nSPS) is 17.5. The molecule has 0 unspecified atom stereocenters. The molecule has 0 saturated carbocycles. The molecule has 0 aliphatic carbocycles. The topological polar surface area (TPSA) is 78.3 Å². The number of hydrogen-bond acceptors (Lipinski definition) is 6. The molecule has 1 spiro atoms. The molecule has 2 saturated heterocycles. The molecule has 0 amide bonds. The number of aryl methyl sites for hydroxylation is 1. The van der Waals surface area contributed by atoms with Crippen LogP contribution in [0, 0.1) is 16.7 Å². The molecule has 8 heteroatoms. The van der Waals surface area contributed by atoms with Crippen LogP contribution in [0.4, 0.5) is 5.82 Å². The molecule has 0 aromatic carbocycles. The standard InChI is InChI=1S/C23H22N8/c1-28-12-23(13-28)14-30(15-23)21-4-3-16(8-25-21)20-5-17(18-9-27-29(2)11-18)6-22-26-10-19(7-24)31(20)22/h3-6,8-11H,12-15H2,1-2H3. The summed E-state index contributed by atoms with van der Waals surface area (Å²) in [5.74, 6) is 1.01. The third-order valence-electron chi connectivity index (χ3n) is 6.39. The maximum absolute atomic E-state index is 9.59. The highest BCUT2D eigenvalue weighted by Crippen LogP contribution is 2.40. The van der Waals surface area contributed by atoms with Gasteiger partial charge in [-0.1, -0.05) is 0 Å². The van der Waals surface area contributed by atoms with Crippen molar-refractivity contribution in [2.45, 2.75) is 0 Å². The summed E-state index contributed by atoms with van der Waals surface area (Å²) in [6.45, 7) is 4.51. The first-order valence-electron chi connectivity index (χ1n) is 10.3. The number of fused-ring (bicyclic) bond motifs is 1. The molecule has 154 valence electrons. The van der Waals surface area contributed by atoms with E-state index in [4.69, 9.17) is 4.98 Å². The molecule has 2 fully saturated rings. The number of imidazole rings is 1. The number of nitriles is 1. The SMILES string of the molecule is CN1CC2(C1)CN(c1ccc(-c3cc(-c4cnn(C)c4)cc4ncc(C#N)n34)cn1)C2. The average molecular weight is 410 g/mol. The van der Waals surface area contributed by atoms with E-state index in [9.17, 15) is 5.26 Å². The second-order valence-electron chi connectivity index (χ2n) is 8.91. The smallest absolute Gasteiger partial charge is 0.145 e. The minimum Gasteiger partial charge on any atom is -0.355 e. The van der Waals surface area contributed by atoms with Gasteiger partial charge in [-0.2, -0.15) is 10.4 Å². The van der Waals surface area contributed by atoms with Crippen LogP contribution in [-0.2, 0) is 7.05 Å². The van der Waals surface area contributed by atoms with E-state index in [1.54, 1.807) is 10.9 Å². The number of nitrogens with zero attached hydrogens (tertiary/aromatic N) is 8. The highest BCUT2D eigenvalue weighted by Gasteiger charge is 2.50. The van der Waals surface area contributed by atoms with Gasteiger partial charge in [-0.3, -0.25) is 9.08 Å². The first kappa shape index (κ1) is 18.1. The molecule has 4 aromatic heterocycles. The summed E-state index contributed by atoms with van der Waals surface area (Å²) in [4.78, 5) is 13.9. The van der Waals surface area contributed by atoms with Gasteiger partial charge < -0.3 is 9.80 Å². The van der Waals surface area contributed by atoms with Crippen LogP contribution in [0.2, 0.25) is 0 Å². The average Bonchev–Trinajstić information content (AvgIpc) is 3.35. The Kier molecular flexibility index (Phi) is 3.73. The minimum absolute atomic E-state index is 0.470. The molecule has 0 bridgehead atoms. The second kappa shape index (κ2) is 6.40. The van der Waals surface area contributed by atoms with Gasteiger partial charge in [0.15, 0.2) is 0 Å². The lowest BCUT2D eigenvalue weighted by Gasteiger charge is -2.59. The molecule has 6 heterocycles. The third-order valence-corrected chi connectivity index (χ3v) is 6.39. The van der Waals surface area contributed by atoms with Crippen molar-refractivity contribution in [3.05, 3.63) is 54.7 Å². The monoisotopic (exact) mass is 410 g/mol. The van der Waals surface area contributed by atoms with Crippen LogP contribution in [0.5, 0.6) is 0 Å². The van der Waals surface area contributed by atoms with E-state index in [-0.39, 0.29) is 0 Å². The van der Waals surface area contributed by atoms with Gasteiger partial charge in [-0.15, -0.1) is 0 Å². The van der Waals surface area contributed by atoms with Gasteiger partial charge in [0.1, 0.15) is 23.2 Å². The van der Waals surface area contributed by atoms with Gasteiger partial charge in [0.2, 0.25) is 0 Å². The van der Waals surface area contributed by atoms with Crippen molar-refractivity contribution in [2.24, 2.45) is 12.5 Å². The fourth-order valence-electron chi connectivity index (χ4n) is 5.09. The predicted molar refractivity (Wildman–Crippen MR) is 117 cm³/mol. The molecule has 0 atom stereocenters. The van der Waals surface area contributed by atoms with E-state index in [0.717, 1.165) is 46.9 Å². The fourth-order valence-corrected chi connectivity index (χ4v) is 5.09. The number of aromatic nitrogens is 5. The van der Waals surface area contributed by atoms with Crippen molar-refractivity contribution in [1.29, 1.82) is 5.26 Å². The molecule has 6 rings (SSSR count). The van der Waals surface area contributed by atoms with Crippen molar-refractivity contribution in [3.8, 4) is 28.5 Å². The quantitative estimate of drug-likeness (QED) is 0.516. The Morgan fingerprint density at radius 2 is 1.77 bits per heavy atom. The summed E-state index contributed by atoms with van der Waals surface area (Å²) in [5.41, 5.74) is 5.57. The highest BCUT2D eigenvalue weighted by atomic mass is 15.3. The lowest BCUT2D eigenvalue weighted by Crippen LogP contribution is -2.71. The van der Waals surface area contributed by atoms with E-state index < -0.39 is 0 Å². The van der Waals surface area contributed by atoms with Gasteiger partial charge in [0.05, 0.1) is 18.1 Å². The van der Waals surface area contributed by atoms with E-state index in [1.165, 1.54) is 13.1 Å². The van der Waals surface area contributed by atoms with Crippen molar-refractivity contribution >= 4 is 11.5 Å². The van der Waals surface area contributed by atoms with Crippen molar-refractivity contribution in [3.63, 3.8) is 0 Å². The Morgan fingerprint density at radius 1 is 0.935 bits per heavy atom. The van der Waals surface area contributed by atoms with E-state index in [2.05, 4.69) is 51.2 Å². The summed E-state index contributed by atoms with van der Waals surface area (Å²) in [6, 6.07) is 10.5. The summed E-state index contributed by atoms with van der Waals surface area (Å²) >= 11 is 0. The molecule has 2 aliphatic heterocycles. The zero-order valence-corrected chi connectivity index (χ0v) is 17.5. The summed E-state index contributed by atoms with van der Waals surface area (Å²) in [5, 5.41) is 13.9. The van der Waals surface area contributed by atoms with Crippen LogP contribution in [0.1, 0.15) is 5.69 Å². The van der Waals surface area contributed by atoms with Gasteiger partial charge in [0.25, 0.3) is 0 Å². The largest absolute Gasteiger partial charge is 0.355 e. The zero-order valence-electron chi connectivity index (χ0n) is 17.5. The first-order valence-corrected chi connectivity index (χ1v) is 10.3. The minimum atomic E-state index is 0.470. The molecule has 31 heavy (non-hydrogen) atoms. The number of pyridine rings is 2. The Bertz CT molecular complexity index is 1330. The van der Waals surface area contributed by atoms with Crippen LogP contribution in [0.25, 0.3) is 28.0 Å². The van der Waals surface area contributed by atoms with Crippen molar-refractivity contribution in [2.75, 3.05) is 38.1 Å². The zero-order chi connectivity index (χ0) is 21.2.